The molecule has 0 saturated carbocycles. The third-order valence-electron chi connectivity index (χ3n) is 2.92. The molecule has 0 radical (unpaired) electrons. The Morgan fingerprint density at radius 2 is 1.50 bits per heavy atom. The first-order valence-electron chi connectivity index (χ1n) is 6.76. The Morgan fingerprint density at radius 3 is 2.08 bits per heavy atom. The number of benzene rings is 2. The first kappa shape index (κ1) is 17.8. The molecule has 0 bridgehead atoms. The van der Waals surface area contributed by atoms with Crippen molar-refractivity contribution in [2.24, 2.45) is 0 Å². The lowest BCUT2D eigenvalue weighted by molar-refractivity contribution is -0.137. The normalized spacial score (nSPS) is 11.0. The van der Waals surface area contributed by atoms with Gasteiger partial charge in [-0.2, -0.15) is 13.2 Å². The molecule has 0 fully saturated rings. The van der Waals surface area contributed by atoms with E-state index < -0.39 is 30.0 Å². The summed E-state index contributed by atoms with van der Waals surface area (Å²) in [5.41, 5.74) is -0.462. The number of carbonyl (C=O) groups excluding carboxylic acids is 2. The fraction of sp³-hybridized carbons (Fsp3) is 0.125. The largest absolute Gasteiger partial charge is 0.416 e. The van der Waals surface area contributed by atoms with E-state index >= 15 is 0 Å². The number of hydrogen-bond acceptors (Lipinski definition) is 2. The quantitative estimate of drug-likeness (QED) is 0.801. The van der Waals surface area contributed by atoms with Crippen LogP contribution >= 0.6 is 11.6 Å². The number of nitrogens with one attached hydrogen (secondary N) is 2. The summed E-state index contributed by atoms with van der Waals surface area (Å²) < 4.78 is 37.8. The highest BCUT2D eigenvalue weighted by atomic mass is 35.5. The van der Waals surface area contributed by atoms with Gasteiger partial charge in [-0.1, -0.05) is 17.7 Å². The van der Waals surface area contributed by atoms with Crippen molar-refractivity contribution in [2.75, 3.05) is 10.6 Å². The Bertz CT molecular complexity index is 746. The highest BCUT2D eigenvalue weighted by molar-refractivity contribution is 6.30. The second kappa shape index (κ2) is 7.35. The Kier molecular flexibility index (Phi) is 5.46. The lowest BCUT2D eigenvalue weighted by Gasteiger charge is -2.10. The van der Waals surface area contributed by atoms with Gasteiger partial charge in [0.05, 0.1) is 5.56 Å². The minimum absolute atomic E-state index is 0.0332. The molecular formula is C16H12ClF3N2O2. The van der Waals surface area contributed by atoms with Crippen molar-refractivity contribution in [1.82, 2.24) is 0 Å². The fourth-order valence-electron chi connectivity index (χ4n) is 1.86. The SMILES string of the molecule is O=C(CC(=O)Nc1cccc(C(F)(F)F)c1)Nc1ccc(Cl)cc1. The highest BCUT2D eigenvalue weighted by Crippen LogP contribution is 2.30. The topological polar surface area (TPSA) is 58.2 Å². The Hall–Kier alpha value is -2.54. The molecule has 0 aliphatic rings. The molecule has 0 heterocycles. The zero-order valence-corrected chi connectivity index (χ0v) is 12.9. The van der Waals surface area contributed by atoms with Crippen molar-refractivity contribution in [3.05, 3.63) is 59.1 Å². The van der Waals surface area contributed by atoms with E-state index in [1.54, 1.807) is 24.3 Å². The molecule has 2 aromatic rings. The van der Waals surface area contributed by atoms with Crippen LogP contribution in [0.15, 0.2) is 48.5 Å². The first-order chi connectivity index (χ1) is 11.2. The number of carbonyl (C=O) groups is 2. The summed E-state index contributed by atoms with van der Waals surface area (Å²) in [5.74, 6) is -1.32. The van der Waals surface area contributed by atoms with Gasteiger partial charge in [0.25, 0.3) is 0 Å². The number of hydrogen-bond donors (Lipinski definition) is 2. The fourth-order valence-corrected chi connectivity index (χ4v) is 1.99. The highest BCUT2D eigenvalue weighted by Gasteiger charge is 2.30. The van der Waals surface area contributed by atoms with Crippen molar-refractivity contribution < 1.29 is 22.8 Å². The summed E-state index contributed by atoms with van der Waals surface area (Å²) in [6.07, 6.45) is -5.04. The van der Waals surface area contributed by atoms with Crippen LogP contribution in [-0.4, -0.2) is 11.8 Å². The van der Waals surface area contributed by atoms with Crippen molar-refractivity contribution in [1.29, 1.82) is 0 Å². The number of alkyl halides is 3. The van der Waals surface area contributed by atoms with Crippen LogP contribution in [0.3, 0.4) is 0 Å². The summed E-state index contributed by atoms with van der Waals surface area (Å²) in [7, 11) is 0. The van der Waals surface area contributed by atoms with Gasteiger partial charge in [0, 0.05) is 16.4 Å². The van der Waals surface area contributed by atoms with Gasteiger partial charge in [0.1, 0.15) is 6.42 Å². The monoisotopic (exact) mass is 356 g/mol. The minimum Gasteiger partial charge on any atom is -0.326 e. The maximum absolute atomic E-state index is 12.6. The van der Waals surface area contributed by atoms with Gasteiger partial charge < -0.3 is 10.6 Å². The molecule has 2 amide bonds. The van der Waals surface area contributed by atoms with Crippen molar-refractivity contribution in [2.45, 2.75) is 12.6 Å². The Balaban J connectivity index is 1.93. The van der Waals surface area contributed by atoms with E-state index in [1.807, 2.05) is 0 Å². The molecule has 0 atom stereocenters. The van der Waals surface area contributed by atoms with E-state index in [0.717, 1.165) is 12.1 Å². The van der Waals surface area contributed by atoms with Crippen LogP contribution in [0, 0.1) is 0 Å². The van der Waals surface area contributed by atoms with Gasteiger partial charge in [-0.25, -0.2) is 0 Å². The predicted octanol–water partition coefficient (Wildman–Crippen LogP) is 4.33. The summed E-state index contributed by atoms with van der Waals surface area (Å²) in [6.45, 7) is 0. The van der Waals surface area contributed by atoms with Crippen molar-refractivity contribution in [3.8, 4) is 0 Å². The van der Waals surface area contributed by atoms with Crippen LogP contribution in [0.25, 0.3) is 0 Å². The minimum atomic E-state index is -4.51. The average Bonchev–Trinajstić information content (AvgIpc) is 2.49. The van der Waals surface area contributed by atoms with Gasteiger partial charge in [0.15, 0.2) is 0 Å². The number of rotatable bonds is 4. The van der Waals surface area contributed by atoms with E-state index in [1.165, 1.54) is 12.1 Å². The van der Waals surface area contributed by atoms with Gasteiger partial charge >= 0.3 is 6.18 Å². The molecule has 0 aromatic heterocycles. The smallest absolute Gasteiger partial charge is 0.326 e. The Labute approximate surface area is 140 Å². The summed E-state index contributed by atoms with van der Waals surface area (Å²) in [6, 6.07) is 10.4. The third-order valence-corrected chi connectivity index (χ3v) is 3.17. The van der Waals surface area contributed by atoms with Crippen molar-refractivity contribution >= 4 is 34.8 Å². The van der Waals surface area contributed by atoms with E-state index in [-0.39, 0.29) is 5.69 Å². The second-order valence-corrected chi connectivity index (χ2v) is 5.30. The third kappa shape index (κ3) is 5.27. The maximum atomic E-state index is 12.6. The lowest BCUT2D eigenvalue weighted by Crippen LogP contribution is -2.21. The van der Waals surface area contributed by atoms with Gasteiger partial charge in [0.2, 0.25) is 11.8 Å². The Morgan fingerprint density at radius 1 is 0.917 bits per heavy atom. The molecule has 0 unspecified atom stereocenters. The molecule has 0 saturated heterocycles. The summed E-state index contributed by atoms with van der Waals surface area (Å²) in [5, 5.41) is 5.24. The molecule has 126 valence electrons. The average molecular weight is 357 g/mol. The number of anilines is 2. The van der Waals surface area contributed by atoms with Gasteiger partial charge in [-0.3, -0.25) is 9.59 Å². The summed E-state index contributed by atoms with van der Waals surface area (Å²) >= 11 is 5.71. The first-order valence-corrected chi connectivity index (χ1v) is 7.14. The molecule has 0 aliphatic carbocycles. The zero-order valence-electron chi connectivity index (χ0n) is 12.2. The molecule has 24 heavy (non-hydrogen) atoms. The molecule has 4 nitrogen and oxygen atoms in total. The molecule has 0 spiro atoms. The van der Waals surface area contributed by atoms with E-state index in [4.69, 9.17) is 11.6 Å². The number of halogens is 4. The summed E-state index contributed by atoms with van der Waals surface area (Å²) in [4.78, 5) is 23.5. The predicted molar refractivity (Wildman–Crippen MR) is 84.8 cm³/mol. The van der Waals surface area contributed by atoms with Crippen LogP contribution in [0.1, 0.15) is 12.0 Å². The molecule has 2 N–H and O–H groups in total. The lowest BCUT2D eigenvalue weighted by atomic mass is 10.2. The van der Waals surface area contributed by atoms with Crippen LogP contribution in [0.2, 0.25) is 5.02 Å². The zero-order chi connectivity index (χ0) is 17.7. The van der Waals surface area contributed by atoms with Crippen LogP contribution in [-0.2, 0) is 15.8 Å². The van der Waals surface area contributed by atoms with E-state index in [9.17, 15) is 22.8 Å². The molecule has 2 rings (SSSR count). The van der Waals surface area contributed by atoms with Crippen molar-refractivity contribution in [3.63, 3.8) is 0 Å². The molecule has 0 aliphatic heterocycles. The van der Waals surface area contributed by atoms with Crippen LogP contribution in [0.4, 0.5) is 24.5 Å². The van der Waals surface area contributed by atoms with Gasteiger partial charge in [-0.05, 0) is 42.5 Å². The number of amides is 2. The molecule has 8 heteroatoms. The van der Waals surface area contributed by atoms with Gasteiger partial charge in [-0.15, -0.1) is 0 Å². The molecule has 2 aromatic carbocycles. The van der Waals surface area contributed by atoms with E-state index in [2.05, 4.69) is 10.6 Å². The second-order valence-electron chi connectivity index (χ2n) is 4.86. The standard InChI is InChI=1S/C16H12ClF3N2O2/c17-11-4-6-12(7-5-11)21-14(23)9-15(24)22-13-3-1-2-10(8-13)16(18,19)20/h1-8H,9H2,(H,21,23)(H,22,24). The van der Waals surface area contributed by atoms with Crippen LogP contribution < -0.4 is 10.6 Å². The maximum Gasteiger partial charge on any atom is 0.416 e. The van der Waals surface area contributed by atoms with E-state index in [0.29, 0.717) is 10.7 Å². The van der Waals surface area contributed by atoms with Crippen LogP contribution in [0.5, 0.6) is 0 Å². The molecular weight excluding hydrogens is 345 g/mol.